The van der Waals surface area contributed by atoms with Crippen LogP contribution in [0, 0.1) is 6.92 Å². The van der Waals surface area contributed by atoms with Crippen LogP contribution in [0.15, 0.2) is 36.0 Å². The topological polar surface area (TPSA) is 48.3 Å². The number of hydrogen-bond donors (Lipinski definition) is 1. The number of aryl methyl sites for hydroxylation is 2. The second-order valence-corrected chi connectivity index (χ2v) is 6.54. The highest BCUT2D eigenvalue weighted by atomic mass is 16.5. The Bertz CT molecular complexity index is 766. The van der Waals surface area contributed by atoms with Crippen LogP contribution in [0.3, 0.4) is 0 Å². The zero-order valence-electron chi connectivity index (χ0n) is 14.2. The van der Waals surface area contributed by atoms with Crippen LogP contribution < -0.4 is 10.1 Å². The number of benzene rings is 1. The van der Waals surface area contributed by atoms with E-state index in [2.05, 4.69) is 28.8 Å². The van der Waals surface area contributed by atoms with E-state index in [9.17, 15) is 0 Å². The van der Waals surface area contributed by atoms with Gasteiger partial charge in [-0.25, -0.2) is 0 Å². The Labute approximate surface area is 142 Å². The standard InChI is InChI=1S/C19H23N3O2/c1-13-16(11-22(2)21-13)19-17(7-8-23-19)20-10-14-9-15-5-3-4-6-18(15)24-12-14/h3-6,9,11,17,19-20H,7-8,10,12H2,1-2H3/t17-,19+/m0/s1. The Balaban J connectivity index is 1.44. The summed E-state index contributed by atoms with van der Waals surface area (Å²) < 4.78 is 13.7. The molecule has 0 amide bonds. The summed E-state index contributed by atoms with van der Waals surface area (Å²) in [4.78, 5) is 0. The molecular formula is C19H23N3O2. The summed E-state index contributed by atoms with van der Waals surface area (Å²) in [6.07, 6.45) is 5.39. The van der Waals surface area contributed by atoms with E-state index < -0.39 is 0 Å². The van der Waals surface area contributed by atoms with Gasteiger partial charge in [0.2, 0.25) is 0 Å². The Morgan fingerprint density at radius 1 is 1.33 bits per heavy atom. The highest BCUT2D eigenvalue weighted by Crippen LogP contribution is 2.31. The average molecular weight is 325 g/mol. The van der Waals surface area contributed by atoms with Gasteiger partial charge in [-0.3, -0.25) is 4.68 Å². The third kappa shape index (κ3) is 2.97. The van der Waals surface area contributed by atoms with E-state index in [1.807, 2.05) is 36.9 Å². The molecule has 1 aromatic heterocycles. The molecule has 2 aliphatic rings. The van der Waals surface area contributed by atoms with Crippen molar-refractivity contribution < 1.29 is 9.47 Å². The van der Waals surface area contributed by atoms with Crippen molar-refractivity contribution in [2.45, 2.75) is 25.5 Å². The maximum absolute atomic E-state index is 5.98. The van der Waals surface area contributed by atoms with Gasteiger partial charge in [-0.15, -0.1) is 0 Å². The van der Waals surface area contributed by atoms with Gasteiger partial charge in [0.05, 0.1) is 5.69 Å². The van der Waals surface area contributed by atoms with Crippen LogP contribution in [0.1, 0.15) is 29.3 Å². The summed E-state index contributed by atoms with van der Waals surface area (Å²) in [6.45, 7) is 4.30. The molecule has 0 unspecified atom stereocenters. The first-order valence-corrected chi connectivity index (χ1v) is 8.47. The van der Waals surface area contributed by atoms with E-state index in [0.29, 0.717) is 12.6 Å². The van der Waals surface area contributed by atoms with E-state index in [-0.39, 0.29) is 6.10 Å². The molecule has 126 valence electrons. The molecule has 1 fully saturated rings. The van der Waals surface area contributed by atoms with Gasteiger partial charge in [0.1, 0.15) is 18.5 Å². The van der Waals surface area contributed by atoms with E-state index in [0.717, 1.165) is 36.6 Å². The number of hydrogen-bond acceptors (Lipinski definition) is 4. The van der Waals surface area contributed by atoms with Crippen LogP contribution >= 0.6 is 0 Å². The largest absolute Gasteiger partial charge is 0.489 e. The molecule has 2 aromatic rings. The summed E-state index contributed by atoms with van der Waals surface area (Å²) in [5.74, 6) is 0.967. The molecule has 0 spiro atoms. The number of ether oxygens (including phenoxy) is 2. The number of rotatable bonds is 4. The lowest BCUT2D eigenvalue weighted by Crippen LogP contribution is -2.34. The molecule has 1 N–H and O–H groups in total. The van der Waals surface area contributed by atoms with Gasteiger partial charge in [-0.1, -0.05) is 18.2 Å². The normalized spacial score (nSPS) is 22.8. The first-order chi connectivity index (χ1) is 11.7. The fraction of sp³-hybridized carbons (Fsp3) is 0.421. The van der Waals surface area contributed by atoms with Gasteiger partial charge in [0.25, 0.3) is 0 Å². The third-order valence-corrected chi connectivity index (χ3v) is 4.73. The quantitative estimate of drug-likeness (QED) is 0.939. The fourth-order valence-corrected chi connectivity index (χ4v) is 3.53. The average Bonchev–Trinajstić information content (AvgIpc) is 3.18. The summed E-state index contributed by atoms with van der Waals surface area (Å²) in [5, 5.41) is 8.10. The zero-order chi connectivity index (χ0) is 16.5. The van der Waals surface area contributed by atoms with Crippen LogP contribution in [0.4, 0.5) is 0 Å². The molecule has 24 heavy (non-hydrogen) atoms. The van der Waals surface area contributed by atoms with Gasteiger partial charge in [0, 0.05) is 43.6 Å². The smallest absolute Gasteiger partial charge is 0.127 e. The second-order valence-electron chi connectivity index (χ2n) is 6.54. The molecule has 4 rings (SSSR count). The minimum atomic E-state index is 0.0797. The first kappa shape index (κ1) is 15.4. The molecule has 1 aromatic carbocycles. The summed E-state index contributed by atoms with van der Waals surface area (Å²) >= 11 is 0. The van der Waals surface area contributed by atoms with Gasteiger partial charge in [-0.05, 0) is 31.1 Å². The van der Waals surface area contributed by atoms with E-state index in [1.54, 1.807) is 0 Å². The monoisotopic (exact) mass is 325 g/mol. The predicted octanol–water partition coefficient (Wildman–Crippen LogP) is 2.62. The zero-order valence-corrected chi connectivity index (χ0v) is 14.2. The van der Waals surface area contributed by atoms with Crippen molar-refractivity contribution in [1.82, 2.24) is 15.1 Å². The molecule has 0 bridgehead atoms. The van der Waals surface area contributed by atoms with Crippen molar-refractivity contribution in [2.75, 3.05) is 19.8 Å². The molecular weight excluding hydrogens is 302 g/mol. The lowest BCUT2D eigenvalue weighted by Gasteiger charge is -2.22. The minimum absolute atomic E-state index is 0.0797. The Morgan fingerprint density at radius 2 is 2.21 bits per heavy atom. The van der Waals surface area contributed by atoms with Crippen molar-refractivity contribution >= 4 is 6.08 Å². The Kier molecular flexibility index (Phi) is 4.12. The SMILES string of the molecule is Cc1nn(C)cc1[C@H]1OCC[C@@H]1NCC1=Cc2ccccc2OC1. The highest BCUT2D eigenvalue weighted by molar-refractivity contribution is 5.62. The lowest BCUT2D eigenvalue weighted by atomic mass is 10.0. The molecule has 2 aliphatic heterocycles. The van der Waals surface area contributed by atoms with Crippen LogP contribution in [-0.2, 0) is 11.8 Å². The van der Waals surface area contributed by atoms with Crippen LogP contribution in [0.5, 0.6) is 5.75 Å². The molecule has 2 atom stereocenters. The molecule has 3 heterocycles. The van der Waals surface area contributed by atoms with Crippen LogP contribution in [-0.4, -0.2) is 35.6 Å². The second kappa shape index (κ2) is 6.42. The van der Waals surface area contributed by atoms with Gasteiger partial charge in [0.15, 0.2) is 0 Å². The molecule has 0 saturated carbocycles. The summed E-state index contributed by atoms with van der Waals surface area (Å²) in [5.41, 5.74) is 4.65. The van der Waals surface area contributed by atoms with Crippen LogP contribution in [0.2, 0.25) is 0 Å². The fourth-order valence-electron chi connectivity index (χ4n) is 3.53. The number of fused-ring (bicyclic) bond motifs is 1. The number of nitrogens with zero attached hydrogens (tertiary/aromatic N) is 2. The van der Waals surface area contributed by atoms with Crippen molar-refractivity contribution in [1.29, 1.82) is 0 Å². The maximum atomic E-state index is 5.98. The minimum Gasteiger partial charge on any atom is -0.489 e. The number of aromatic nitrogens is 2. The summed E-state index contributed by atoms with van der Waals surface area (Å²) in [7, 11) is 1.95. The van der Waals surface area contributed by atoms with Gasteiger partial charge >= 0.3 is 0 Å². The summed E-state index contributed by atoms with van der Waals surface area (Å²) in [6, 6.07) is 8.47. The predicted molar refractivity (Wildman–Crippen MR) is 93.0 cm³/mol. The van der Waals surface area contributed by atoms with Gasteiger partial charge < -0.3 is 14.8 Å². The third-order valence-electron chi connectivity index (χ3n) is 4.73. The van der Waals surface area contributed by atoms with Crippen LogP contribution in [0.25, 0.3) is 6.08 Å². The molecule has 5 heteroatoms. The van der Waals surface area contributed by atoms with Crippen molar-refractivity contribution in [3.8, 4) is 5.75 Å². The Hall–Kier alpha value is -2.11. The maximum Gasteiger partial charge on any atom is 0.127 e. The molecule has 1 saturated heterocycles. The Morgan fingerprint density at radius 3 is 3.04 bits per heavy atom. The van der Waals surface area contributed by atoms with E-state index in [1.165, 1.54) is 11.1 Å². The van der Waals surface area contributed by atoms with Crippen molar-refractivity contribution in [3.05, 3.63) is 52.9 Å². The van der Waals surface area contributed by atoms with E-state index >= 15 is 0 Å². The van der Waals surface area contributed by atoms with Gasteiger partial charge in [-0.2, -0.15) is 5.10 Å². The molecule has 0 radical (unpaired) electrons. The van der Waals surface area contributed by atoms with E-state index in [4.69, 9.17) is 9.47 Å². The molecule has 0 aliphatic carbocycles. The highest BCUT2D eigenvalue weighted by Gasteiger charge is 2.31. The lowest BCUT2D eigenvalue weighted by molar-refractivity contribution is 0.0987. The number of para-hydroxylation sites is 1. The first-order valence-electron chi connectivity index (χ1n) is 8.47. The number of nitrogens with one attached hydrogen (secondary N) is 1. The van der Waals surface area contributed by atoms with Crippen molar-refractivity contribution in [2.24, 2.45) is 7.05 Å². The molecule has 5 nitrogen and oxygen atoms in total. The van der Waals surface area contributed by atoms with Crippen molar-refractivity contribution in [3.63, 3.8) is 0 Å².